The van der Waals surface area contributed by atoms with Gasteiger partial charge in [-0.15, -0.1) is 0 Å². The van der Waals surface area contributed by atoms with Gasteiger partial charge in [0.05, 0.1) is 44.1 Å². The van der Waals surface area contributed by atoms with Gasteiger partial charge in [-0.05, 0) is 30.2 Å². The largest absolute Gasteiger partial charge is 0.467 e. The first-order valence-electron chi connectivity index (χ1n) is 10.6. The Hall–Kier alpha value is -3.88. The molecule has 4 heterocycles. The summed E-state index contributed by atoms with van der Waals surface area (Å²) in [6, 6.07) is 10.7. The van der Waals surface area contributed by atoms with Gasteiger partial charge in [0.1, 0.15) is 11.6 Å². The van der Waals surface area contributed by atoms with Crippen molar-refractivity contribution in [3.8, 4) is 0 Å². The molecule has 1 spiro atoms. The average Bonchev–Trinajstić information content (AvgIpc) is 3.44. The van der Waals surface area contributed by atoms with E-state index >= 15 is 0 Å². The number of benzene rings is 1. The highest BCUT2D eigenvalue weighted by atomic mass is 16.5. The molecular weight excluding hydrogens is 426 g/mol. The van der Waals surface area contributed by atoms with Gasteiger partial charge >= 0.3 is 11.9 Å². The van der Waals surface area contributed by atoms with Gasteiger partial charge < -0.3 is 18.8 Å². The Morgan fingerprint density at radius 1 is 1.15 bits per heavy atom. The summed E-state index contributed by atoms with van der Waals surface area (Å²) in [5.41, 5.74) is 0.985. The van der Waals surface area contributed by atoms with Crippen molar-refractivity contribution in [2.45, 2.75) is 30.8 Å². The van der Waals surface area contributed by atoms with Crippen molar-refractivity contribution >= 4 is 29.4 Å². The molecule has 170 valence electrons. The number of rotatable bonds is 4. The number of para-hydroxylation sites is 1. The van der Waals surface area contributed by atoms with E-state index in [1.807, 2.05) is 36.2 Å². The molecule has 0 saturated carbocycles. The number of hydrogen-bond donors (Lipinski definition) is 0. The average molecular weight is 449 g/mol. The summed E-state index contributed by atoms with van der Waals surface area (Å²) in [5, 5.41) is 0. The number of ether oxygens (including phenoxy) is 2. The Morgan fingerprint density at radius 2 is 1.91 bits per heavy atom. The van der Waals surface area contributed by atoms with Crippen LogP contribution in [0.4, 0.5) is 5.69 Å². The van der Waals surface area contributed by atoms with Crippen molar-refractivity contribution < 1.29 is 28.3 Å². The van der Waals surface area contributed by atoms with Crippen LogP contribution in [0.5, 0.6) is 0 Å². The summed E-state index contributed by atoms with van der Waals surface area (Å²) in [4.78, 5) is 47.2. The lowest BCUT2D eigenvalue weighted by Crippen LogP contribution is -2.62. The van der Waals surface area contributed by atoms with E-state index < -0.39 is 23.4 Å². The molecule has 1 fully saturated rings. The molecule has 9 nitrogen and oxygen atoms in total. The number of hydrogen-bond acceptors (Lipinski definition) is 8. The van der Waals surface area contributed by atoms with Crippen molar-refractivity contribution in [2.75, 3.05) is 26.2 Å². The van der Waals surface area contributed by atoms with Gasteiger partial charge in [0.2, 0.25) is 5.91 Å². The summed E-state index contributed by atoms with van der Waals surface area (Å²) in [7, 11) is 4.37. The minimum Gasteiger partial charge on any atom is -0.467 e. The first-order chi connectivity index (χ1) is 15.9. The monoisotopic (exact) mass is 449 g/mol. The van der Waals surface area contributed by atoms with Crippen LogP contribution in [0.3, 0.4) is 0 Å². The molecule has 2 aromatic rings. The van der Waals surface area contributed by atoms with E-state index in [1.54, 1.807) is 23.3 Å². The van der Waals surface area contributed by atoms with E-state index in [-0.39, 0.29) is 30.1 Å². The molecule has 33 heavy (non-hydrogen) atoms. The van der Waals surface area contributed by atoms with Crippen molar-refractivity contribution in [3.63, 3.8) is 0 Å². The molecule has 1 aromatic heterocycles. The fourth-order valence-corrected chi connectivity index (χ4v) is 5.39. The van der Waals surface area contributed by atoms with E-state index in [2.05, 4.69) is 4.99 Å². The predicted octanol–water partition coefficient (Wildman–Crippen LogP) is 2.17. The third-order valence-corrected chi connectivity index (χ3v) is 6.73. The molecule has 3 aliphatic heterocycles. The van der Waals surface area contributed by atoms with E-state index in [0.29, 0.717) is 18.0 Å². The SMILES string of the molecule is COC(=O)C1=C(C(=O)OC)[C@@H]2N(C)c3ccccc3[C@@]23CCC(=O)N(Cc2ccco2)C3=N1. The predicted molar refractivity (Wildman–Crippen MR) is 117 cm³/mol. The molecule has 1 aromatic carbocycles. The maximum atomic E-state index is 13.1. The van der Waals surface area contributed by atoms with Crippen LogP contribution in [0.2, 0.25) is 0 Å². The maximum absolute atomic E-state index is 13.1. The second-order valence-electron chi connectivity index (χ2n) is 8.24. The van der Waals surface area contributed by atoms with Gasteiger partial charge in [-0.2, -0.15) is 0 Å². The van der Waals surface area contributed by atoms with E-state index in [0.717, 1.165) is 11.3 Å². The molecule has 0 aliphatic carbocycles. The first kappa shape index (κ1) is 21.0. The van der Waals surface area contributed by atoms with Gasteiger partial charge in [-0.1, -0.05) is 18.2 Å². The number of piperidine rings is 1. The molecular formula is C24H23N3O6. The Balaban J connectivity index is 1.81. The Bertz CT molecular complexity index is 1210. The smallest absolute Gasteiger partial charge is 0.357 e. The third kappa shape index (κ3) is 2.84. The topological polar surface area (TPSA) is 102 Å². The molecule has 1 amide bonds. The third-order valence-electron chi connectivity index (χ3n) is 6.73. The van der Waals surface area contributed by atoms with Crippen LogP contribution < -0.4 is 4.90 Å². The van der Waals surface area contributed by atoms with Gasteiger partial charge in [0.25, 0.3) is 0 Å². The highest BCUT2D eigenvalue weighted by molar-refractivity contribution is 6.15. The number of likely N-dealkylation sites (N-methyl/N-ethyl adjacent to an activating group) is 1. The number of nitrogens with zero attached hydrogens (tertiary/aromatic N) is 3. The number of aliphatic imine (C=N–C) groups is 1. The van der Waals surface area contributed by atoms with Gasteiger partial charge in [0, 0.05) is 19.2 Å². The van der Waals surface area contributed by atoms with Crippen LogP contribution in [0.25, 0.3) is 0 Å². The first-order valence-corrected chi connectivity index (χ1v) is 10.6. The van der Waals surface area contributed by atoms with Crippen LogP contribution in [0, 0.1) is 0 Å². The summed E-state index contributed by atoms with van der Waals surface area (Å²) in [6.45, 7) is 0.160. The summed E-state index contributed by atoms with van der Waals surface area (Å²) in [6.07, 6.45) is 2.22. The number of likely N-dealkylation sites (tertiary alicyclic amines) is 1. The van der Waals surface area contributed by atoms with Gasteiger partial charge in [-0.3, -0.25) is 9.69 Å². The standard InChI is InChI=1S/C24H23N3O6/c1-26-16-9-5-4-8-15(16)24-11-10-17(28)27(13-14-7-6-12-33-14)23(24)25-19(22(30)32-3)18(20(24)26)21(29)31-2/h4-9,12,20H,10-11,13H2,1-3H3/t20-,24-/m0/s1. The normalized spacial score (nSPS) is 23.5. The van der Waals surface area contributed by atoms with Crippen molar-refractivity contribution in [1.82, 2.24) is 4.90 Å². The fraction of sp³-hybridized carbons (Fsp3) is 0.333. The number of methoxy groups -OCH3 is 2. The quantitative estimate of drug-likeness (QED) is 0.660. The summed E-state index contributed by atoms with van der Waals surface area (Å²) < 4.78 is 15.6. The zero-order valence-electron chi connectivity index (χ0n) is 18.5. The molecule has 0 N–H and O–H groups in total. The zero-order valence-corrected chi connectivity index (χ0v) is 18.5. The van der Waals surface area contributed by atoms with Gasteiger partial charge in [0.15, 0.2) is 5.70 Å². The Kier molecular flexibility index (Phi) is 4.84. The Labute approximate surface area is 190 Å². The lowest BCUT2D eigenvalue weighted by molar-refractivity contribution is -0.140. The fourth-order valence-electron chi connectivity index (χ4n) is 5.39. The molecule has 0 unspecified atom stereocenters. The number of carbonyl (C=O) groups excluding carboxylic acids is 3. The highest BCUT2D eigenvalue weighted by Gasteiger charge is 2.62. The number of fused-ring (bicyclic) bond motifs is 1. The van der Waals surface area contributed by atoms with Gasteiger partial charge in [-0.25, -0.2) is 14.6 Å². The second kappa shape index (κ2) is 7.61. The van der Waals surface area contributed by atoms with Crippen LogP contribution in [0.15, 0.2) is 63.3 Å². The lowest BCUT2D eigenvalue weighted by atomic mass is 9.65. The van der Waals surface area contributed by atoms with E-state index in [4.69, 9.17) is 13.9 Å². The molecule has 1 saturated heterocycles. The maximum Gasteiger partial charge on any atom is 0.357 e. The number of furan rings is 1. The molecule has 9 heteroatoms. The minimum absolute atomic E-state index is 0.124. The summed E-state index contributed by atoms with van der Waals surface area (Å²) in [5.74, 6) is -0.563. The number of amidine groups is 1. The molecule has 0 radical (unpaired) electrons. The van der Waals surface area contributed by atoms with Crippen molar-refractivity contribution in [3.05, 3.63) is 65.3 Å². The highest BCUT2D eigenvalue weighted by Crippen LogP contribution is 2.55. The van der Waals surface area contributed by atoms with Crippen LogP contribution >= 0.6 is 0 Å². The molecule has 3 aliphatic rings. The minimum atomic E-state index is -0.826. The van der Waals surface area contributed by atoms with Crippen LogP contribution in [-0.2, 0) is 35.8 Å². The number of esters is 2. The van der Waals surface area contributed by atoms with E-state index in [1.165, 1.54) is 14.2 Å². The summed E-state index contributed by atoms with van der Waals surface area (Å²) >= 11 is 0. The van der Waals surface area contributed by atoms with Crippen LogP contribution in [-0.4, -0.2) is 55.9 Å². The Morgan fingerprint density at radius 3 is 2.61 bits per heavy atom. The number of anilines is 1. The molecule has 0 bridgehead atoms. The molecule has 5 rings (SSSR count). The second-order valence-corrected chi connectivity index (χ2v) is 8.24. The van der Waals surface area contributed by atoms with E-state index in [9.17, 15) is 14.4 Å². The zero-order chi connectivity index (χ0) is 23.3. The molecule has 2 atom stereocenters. The number of amides is 1. The van der Waals surface area contributed by atoms with Crippen LogP contribution in [0.1, 0.15) is 24.2 Å². The lowest BCUT2D eigenvalue weighted by Gasteiger charge is -2.48. The van der Waals surface area contributed by atoms with Crippen molar-refractivity contribution in [1.29, 1.82) is 0 Å². The van der Waals surface area contributed by atoms with Crippen molar-refractivity contribution in [2.24, 2.45) is 4.99 Å². The number of carbonyl (C=O) groups is 3.